The molecule has 0 saturated heterocycles. The van der Waals surface area contributed by atoms with Crippen LogP contribution in [-0.4, -0.2) is 38.0 Å². The Hall–Kier alpha value is -2.73. The van der Waals surface area contributed by atoms with Crippen molar-refractivity contribution in [2.24, 2.45) is 0 Å². The molecular formula is C22H25N3O3. The van der Waals surface area contributed by atoms with Crippen molar-refractivity contribution in [3.63, 3.8) is 0 Å². The average Bonchev–Trinajstić information content (AvgIpc) is 3.20. The third-order valence-corrected chi connectivity index (χ3v) is 5.57. The molecule has 28 heavy (non-hydrogen) atoms. The van der Waals surface area contributed by atoms with E-state index in [-0.39, 0.29) is 18.1 Å². The second-order valence-corrected chi connectivity index (χ2v) is 7.55. The number of rotatable bonds is 4. The summed E-state index contributed by atoms with van der Waals surface area (Å²) in [5.41, 5.74) is 4.27. The molecule has 0 bridgehead atoms. The number of ketones is 1. The predicted octanol–water partition coefficient (Wildman–Crippen LogP) is 2.88. The van der Waals surface area contributed by atoms with Crippen LogP contribution in [0, 0.1) is 0 Å². The van der Waals surface area contributed by atoms with E-state index in [0.717, 1.165) is 29.8 Å². The molecule has 1 N–H and O–H groups in total. The quantitative estimate of drug-likeness (QED) is 0.886. The van der Waals surface area contributed by atoms with Gasteiger partial charge in [-0.3, -0.25) is 14.3 Å². The molecule has 0 saturated carbocycles. The Kier molecular flexibility index (Phi) is 5.13. The molecule has 2 aromatic rings. The highest BCUT2D eigenvalue weighted by Gasteiger charge is 2.28. The van der Waals surface area contributed by atoms with E-state index in [2.05, 4.69) is 5.10 Å². The van der Waals surface area contributed by atoms with E-state index in [1.807, 2.05) is 46.0 Å². The van der Waals surface area contributed by atoms with Gasteiger partial charge in [0.25, 0.3) is 0 Å². The first-order valence-corrected chi connectivity index (χ1v) is 9.86. The standard InChI is InChI=1S/C22H25N3O3/c1-15(26)20-12-17-14-24(10-5-11-25(17)23-20)22(28)13-19-18(8-9-21(19)27)16-6-3-2-4-7-16/h2-4,6-7,12,15,26H,5,8-11,13-14H2,1H3. The summed E-state index contributed by atoms with van der Waals surface area (Å²) in [4.78, 5) is 27.3. The van der Waals surface area contributed by atoms with Gasteiger partial charge in [-0.1, -0.05) is 30.3 Å². The lowest BCUT2D eigenvalue weighted by atomic mass is 9.99. The summed E-state index contributed by atoms with van der Waals surface area (Å²) in [6, 6.07) is 11.7. The largest absolute Gasteiger partial charge is 0.387 e. The van der Waals surface area contributed by atoms with Gasteiger partial charge in [-0.05, 0) is 37.0 Å². The van der Waals surface area contributed by atoms with Crippen LogP contribution < -0.4 is 0 Å². The molecule has 2 aliphatic rings. The predicted molar refractivity (Wildman–Crippen MR) is 105 cm³/mol. The van der Waals surface area contributed by atoms with Crippen LogP contribution in [0.2, 0.25) is 0 Å². The lowest BCUT2D eigenvalue weighted by molar-refractivity contribution is -0.131. The first-order chi connectivity index (χ1) is 13.5. The van der Waals surface area contributed by atoms with E-state index in [1.54, 1.807) is 6.92 Å². The molecule has 0 radical (unpaired) electrons. The molecule has 2 heterocycles. The maximum atomic E-state index is 13.0. The fourth-order valence-corrected chi connectivity index (χ4v) is 4.04. The van der Waals surface area contributed by atoms with Gasteiger partial charge in [-0.2, -0.15) is 5.10 Å². The van der Waals surface area contributed by atoms with Crippen molar-refractivity contribution in [2.45, 2.75) is 51.8 Å². The van der Waals surface area contributed by atoms with Gasteiger partial charge in [0, 0.05) is 25.1 Å². The van der Waals surface area contributed by atoms with E-state index in [9.17, 15) is 14.7 Å². The molecule has 1 aromatic heterocycles. The van der Waals surface area contributed by atoms with Crippen molar-refractivity contribution in [2.75, 3.05) is 6.54 Å². The molecule has 4 rings (SSSR count). The molecule has 146 valence electrons. The Morgan fingerprint density at radius 3 is 2.75 bits per heavy atom. The van der Waals surface area contributed by atoms with Gasteiger partial charge in [-0.25, -0.2) is 0 Å². The lowest BCUT2D eigenvalue weighted by Crippen LogP contribution is -2.31. The van der Waals surface area contributed by atoms with E-state index in [4.69, 9.17) is 0 Å². The number of amides is 1. The minimum Gasteiger partial charge on any atom is -0.387 e. The van der Waals surface area contributed by atoms with Crippen molar-refractivity contribution in [1.29, 1.82) is 0 Å². The molecule has 6 heteroatoms. The van der Waals surface area contributed by atoms with Crippen LogP contribution in [0.5, 0.6) is 0 Å². The van der Waals surface area contributed by atoms with E-state index >= 15 is 0 Å². The van der Waals surface area contributed by atoms with Gasteiger partial charge in [0.05, 0.1) is 30.5 Å². The molecule has 6 nitrogen and oxygen atoms in total. The first-order valence-electron chi connectivity index (χ1n) is 9.86. The van der Waals surface area contributed by atoms with Crippen molar-refractivity contribution in [3.05, 3.63) is 58.9 Å². The van der Waals surface area contributed by atoms with Crippen LogP contribution in [-0.2, 0) is 22.7 Å². The Labute approximate surface area is 164 Å². The summed E-state index contributed by atoms with van der Waals surface area (Å²) in [6.07, 6.45) is 1.52. The number of aliphatic hydroxyl groups excluding tert-OH is 1. The number of carbonyl (C=O) groups excluding carboxylic acids is 2. The highest BCUT2D eigenvalue weighted by molar-refractivity contribution is 6.10. The molecule has 1 unspecified atom stereocenters. The zero-order valence-corrected chi connectivity index (χ0v) is 16.1. The molecular weight excluding hydrogens is 354 g/mol. The highest BCUT2D eigenvalue weighted by Crippen LogP contribution is 2.34. The Morgan fingerprint density at radius 1 is 1.21 bits per heavy atom. The van der Waals surface area contributed by atoms with E-state index < -0.39 is 6.10 Å². The van der Waals surface area contributed by atoms with Gasteiger partial charge in [0.1, 0.15) is 0 Å². The number of fused-ring (bicyclic) bond motifs is 1. The first kappa shape index (κ1) is 18.6. The van der Waals surface area contributed by atoms with Gasteiger partial charge in [-0.15, -0.1) is 0 Å². The second kappa shape index (κ2) is 7.72. The number of benzene rings is 1. The summed E-state index contributed by atoms with van der Waals surface area (Å²) in [7, 11) is 0. The molecule has 1 aliphatic carbocycles. The highest BCUT2D eigenvalue weighted by atomic mass is 16.3. The maximum Gasteiger partial charge on any atom is 0.227 e. The van der Waals surface area contributed by atoms with Crippen molar-refractivity contribution < 1.29 is 14.7 Å². The Morgan fingerprint density at radius 2 is 2.00 bits per heavy atom. The van der Waals surface area contributed by atoms with Crippen LogP contribution in [0.4, 0.5) is 0 Å². The summed E-state index contributed by atoms with van der Waals surface area (Å²) < 4.78 is 1.88. The van der Waals surface area contributed by atoms with Gasteiger partial charge in [0.2, 0.25) is 5.91 Å². The summed E-state index contributed by atoms with van der Waals surface area (Å²) in [5, 5.41) is 14.2. The molecule has 1 atom stereocenters. The summed E-state index contributed by atoms with van der Waals surface area (Å²) in [6.45, 7) is 3.52. The van der Waals surface area contributed by atoms with Crippen LogP contribution in [0.25, 0.3) is 5.57 Å². The SMILES string of the molecule is CC(O)c1cc2n(n1)CCCN(C(=O)CC1=C(c3ccccc3)CCC1=O)C2. The third-order valence-electron chi connectivity index (χ3n) is 5.57. The number of aliphatic hydroxyl groups is 1. The Balaban J connectivity index is 1.54. The number of aryl methyl sites for hydroxylation is 1. The van der Waals surface area contributed by atoms with E-state index in [1.165, 1.54) is 0 Å². The minimum atomic E-state index is -0.627. The van der Waals surface area contributed by atoms with Crippen LogP contribution >= 0.6 is 0 Å². The Bertz CT molecular complexity index is 928. The van der Waals surface area contributed by atoms with Gasteiger partial charge >= 0.3 is 0 Å². The smallest absolute Gasteiger partial charge is 0.227 e. The zero-order valence-electron chi connectivity index (χ0n) is 16.1. The van der Waals surface area contributed by atoms with E-state index in [0.29, 0.717) is 37.2 Å². The van der Waals surface area contributed by atoms with Crippen molar-refractivity contribution >= 4 is 17.3 Å². The number of nitrogens with zero attached hydrogens (tertiary/aromatic N) is 3. The molecule has 0 fully saturated rings. The van der Waals surface area contributed by atoms with Crippen molar-refractivity contribution in [1.82, 2.24) is 14.7 Å². The van der Waals surface area contributed by atoms with Gasteiger partial charge < -0.3 is 10.0 Å². The molecule has 1 amide bonds. The molecule has 1 aliphatic heterocycles. The number of carbonyl (C=O) groups is 2. The lowest BCUT2D eigenvalue weighted by Gasteiger charge is -2.20. The number of hydrogen-bond acceptors (Lipinski definition) is 4. The average molecular weight is 379 g/mol. The molecule has 1 aromatic carbocycles. The van der Waals surface area contributed by atoms with Crippen LogP contribution in [0.1, 0.15) is 55.7 Å². The fourth-order valence-electron chi connectivity index (χ4n) is 4.04. The third kappa shape index (κ3) is 3.64. The number of allylic oxidation sites excluding steroid dienone is 1. The number of Topliss-reactive ketones (excluding diaryl/α,β-unsaturated/α-hetero) is 1. The van der Waals surface area contributed by atoms with Crippen molar-refractivity contribution in [3.8, 4) is 0 Å². The second-order valence-electron chi connectivity index (χ2n) is 7.55. The monoisotopic (exact) mass is 379 g/mol. The summed E-state index contributed by atoms with van der Waals surface area (Å²) in [5.74, 6) is 0.0652. The normalized spacial score (nSPS) is 18.2. The zero-order chi connectivity index (χ0) is 19.7. The number of hydrogen-bond donors (Lipinski definition) is 1. The molecule has 0 spiro atoms. The van der Waals surface area contributed by atoms with Gasteiger partial charge in [0.15, 0.2) is 5.78 Å². The summed E-state index contributed by atoms with van der Waals surface area (Å²) >= 11 is 0. The topological polar surface area (TPSA) is 75.4 Å². The fraction of sp³-hybridized carbons (Fsp3) is 0.409. The maximum absolute atomic E-state index is 13.0. The van der Waals surface area contributed by atoms with Crippen LogP contribution in [0.15, 0.2) is 42.0 Å². The van der Waals surface area contributed by atoms with Crippen LogP contribution in [0.3, 0.4) is 0 Å². The minimum absolute atomic E-state index is 0.0214. The number of aromatic nitrogens is 2.